The highest BCUT2D eigenvalue weighted by atomic mass is 32.2. The van der Waals surface area contributed by atoms with Crippen molar-refractivity contribution in [3.63, 3.8) is 0 Å². The van der Waals surface area contributed by atoms with E-state index >= 15 is 0 Å². The van der Waals surface area contributed by atoms with Gasteiger partial charge in [0.2, 0.25) is 23.6 Å². The minimum absolute atomic E-state index is 0.00505. The highest BCUT2D eigenvalue weighted by Gasteiger charge is 2.60. The SMILES string of the molecule is C[C@@H](NC(=O)Cn1cnnn1)[C@H]1C(=O)N2C(C(=O)O)=C(SC3CNC(C(=O)N4CCC(CNC(=O)CN)CC4)C3)[C@H](C)[C@H]12. The van der Waals surface area contributed by atoms with E-state index in [9.17, 15) is 29.1 Å². The van der Waals surface area contributed by atoms with E-state index in [2.05, 4.69) is 31.5 Å². The van der Waals surface area contributed by atoms with Gasteiger partial charge < -0.3 is 36.6 Å². The number of hydrogen-bond acceptors (Lipinski definition) is 11. The third kappa shape index (κ3) is 6.38. The Morgan fingerprint density at radius 2 is 1.98 bits per heavy atom. The number of amides is 4. The van der Waals surface area contributed by atoms with Gasteiger partial charge in [-0.3, -0.25) is 19.2 Å². The van der Waals surface area contributed by atoms with E-state index in [1.165, 1.54) is 27.7 Å². The Morgan fingerprint density at radius 1 is 1.23 bits per heavy atom. The lowest BCUT2D eigenvalue weighted by Crippen LogP contribution is -2.66. The van der Waals surface area contributed by atoms with E-state index in [0.29, 0.717) is 43.4 Å². The summed E-state index contributed by atoms with van der Waals surface area (Å²) in [5.74, 6) is -2.50. The van der Waals surface area contributed by atoms with E-state index < -0.39 is 17.9 Å². The molecule has 0 radical (unpaired) electrons. The number of β-lactam (4-membered cyclic amide) rings is 1. The van der Waals surface area contributed by atoms with Gasteiger partial charge in [-0.15, -0.1) is 16.9 Å². The van der Waals surface area contributed by atoms with E-state index in [1.807, 2.05) is 11.8 Å². The molecule has 3 saturated heterocycles. The molecule has 234 valence electrons. The molecule has 5 heterocycles. The smallest absolute Gasteiger partial charge is 0.353 e. The van der Waals surface area contributed by atoms with Gasteiger partial charge in [0.05, 0.1) is 24.5 Å². The van der Waals surface area contributed by atoms with Crippen molar-refractivity contribution in [3.8, 4) is 0 Å². The molecule has 1 aromatic heterocycles. The first-order valence-corrected chi connectivity index (χ1v) is 15.4. The van der Waals surface area contributed by atoms with Gasteiger partial charge in [0.1, 0.15) is 18.6 Å². The van der Waals surface area contributed by atoms with Crippen LogP contribution in [0, 0.1) is 17.8 Å². The third-order valence-electron chi connectivity index (χ3n) is 8.80. The first-order valence-electron chi connectivity index (χ1n) is 14.5. The van der Waals surface area contributed by atoms with Crippen LogP contribution >= 0.6 is 11.8 Å². The van der Waals surface area contributed by atoms with Crippen molar-refractivity contribution in [2.45, 2.75) is 63.0 Å². The van der Waals surface area contributed by atoms with E-state index in [0.717, 1.165) is 12.8 Å². The molecule has 6 N–H and O–H groups in total. The number of carbonyl (C=O) groups excluding carboxylic acids is 4. The highest BCUT2D eigenvalue weighted by molar-refractivity contribution is 8.03. The minimum Gasteiger partial charge on any atom is -0.477 e. The first-order chi connectivity index (χ1) is 20.6. The quantitative estimate of drug-likeness (QED) is 0.166. The van der Waals surface area contributed by atoms with Crippen LogP contribution in [0.2, 0.25) is 0 Å². The van der Waals surface area contributed by atoms with Crippen LogP contribution < -0.4 is 21.7 Å². The van der Waals surface area contributed by atoms with Crippen LogP contribution in [0.4, 0.5) is 0 Å². The Labute approximate surface area is 252 Å². The molecular formula is C26H38N10O6S. The number of aromatic nitrogens is 4. The zero-order valence-electron chi connectivity index (χ0n) is 24.1. The molecular weight excluding hydrogens is 580 g/mol. The van der Waals surface area contributed by atoms with E-state index in [4.69, 9.17) is 5.73 Å². The Balaban J connectivity index is 1.15. The number of tetrazole rings is 1. The fraction of sp³-hybridized carbons (Fsp3) is 0.692. The first kappa shape index (κ1) is 30.9. The van der Waals surface area contributed by atoms with Crippen LogP contribution in [0.1, 0.15) is 33.1 Å². The number of nitrogens with one attached hydrogen (secondary N) is 3. The molecule has 1 aromatic rings. The number of piperidine rings is 1. The molecule has 4 aliphatic heterocycles. The number of carbonyl (C=O) groups is 5. The second-order valence-electron chi connectivity index (χ2n) is 11.6. The zero-order valence-corrected chi connectivity index (χ0v) is 25.0. The second kappa shape index (κ2) is 13.0. The van der Waals surface area contributed by atoms with Crippen LogP contribution in [-0.2, 0) is 30.5 Å². The number of rotatable bonds is 11. The van der Waals surface area contributed by atoms with Crippen LogP contribution in [0.5, 0.6) is 0 Å². The average molecular weight is 619 g/mol. The van der Waals surface area contributed by atoms with Crippen molar-refractivity contribution in [2.75, 3.05) is 32.7 Å². The summed E-state index contributed by atoms with van der Waals surface area (Å²) >= 11 is 1.43. The number of fused-ring (bicyclic) bond motifs is 1. The predicted octanol–water partition coefficient (Wildman–Crippen LogP) is -2.27. The number of carboxylic acids is 1. The summed E-state index contributed by atoms with van der Waals surface area (Å²) in [5.41, 5.74) is 5.34. The van der Waals surface area contributed by atoms with Gasteiger partial charge in [-0.1, -0.05) is 6.92 Å². The summed E-state index contributed by atoms with van der Waals surface area (Å²) in [7, 11) is 0. The Bertz CT molecular complexity index is 1280. The van der Waals surface area contributed by atoms with Crippen LogP contribution in [0.25, 0.3) is 0 Å². The molecule has 0 saturated carbocycles. The highest BCUT2D eigenvalue weighted by Crippen LogP contribution is 2.51. The molecule has 16 nitrogen and oxygen atoms in total. The van der Waals surface area contributed by atoms with Crippen molar-refractivity contribution < 1.29 is 29.1 Å². The largest absolute Gasteiger partial charge is 0.477 e. The normalized spacial score (nSPS) is 28.0. The fourth-order valence-electron chi connectivity index (χ4n) is 6.55. The lowest BCUT2D eigenvalue weighted by atomic mass is 9.78. The Morgan fingerprint density at radius 3 is 2.63 bits per heavy atom. The minimum atomic E-state index is -1.16. The predicted molar refractivity (Wildman–Crippen MR) is 153 cm³/mol. The standard InChI is InChI=1S/C26H38N10O6S/c1-13-21-20(14(2)31-19(38)11-35-12-30-32-33-35)25(40)36(21)22(26(41)42)23(13)43-16-7-17(28-10-16)24(39)34-5-3-15(4-6-34)9-29-18(37)8-27/h12-17,20-21,28H,3-11,27H2,1-2H3,(H,29,37)(H,31,38)(H,41,42)/t13-,14-,16?,17?,20-,21-/m1/s1. The molecule has 6 atom stereocenters. The molecule has 43 heavy (non-hydrogen) atoms. The summed E-state index contributed by atoms with van der Waals surface area (Å²) in [6, 6.07) is -1.26. The molecule has 0 spiro atoms. The van der Waals surface area contributed by atoms with Gasteiger partial charge in [-0.2, -0.15) is 0 Å². The van der Waals surface area contributed by atoms with E-state index in [-0.39, 0.29) is 65.7 Å². The number of nitrogens with zero attached hydrogens (tertiary/aromatic N) is 6. The fourth-order valence-corrected chi connectivity index (χ4v) is 8.03. The van der Waals surface area contributed by atoms with Crippen LogP contribution in [0.3, 0.4) is 0 Å². The van der Waals surface area contributed by atoms with Gasteiger partial charge in [0.25, 0.3) is 0 Å². The van der Waals surface area contributed by atoms with Crippen LogP contribution in [-0.4, -0.2) is 121 Å². The molecule has 2 unspecified atom stereocenters. The van der Waals surface area contributed by atoms with Gasteiger partial charge in [-0.05, 0) is 42.5 Å². The number of carboxylic acid groups (broad SMARTS) is 1. The van der Waals surface area contributed by atoms with Gasteiger partial charge in [0, 0.05) is 48.3 Å². The molecule has 17 heteroatoms. The maximum absolute atomic E-state index is 13.3. The molecule has 5 rings (SSSR count). The number of thioether (sulfide) groups is 1. The van der Waals surface area contributed by atoms with Crippen molar-refractivity contribution in [2.24, 2.45) is 23.5 Å². The third-order valence-corrected chi connectivity index (χ3v) is 10.3. The van der Waals surface area contributed by atoms with Gasteiger partial charge in [-0.25, -0.2) is 9.48 Å². The number of likely N-dealkylation sites (tertiary alicyclic amines) is 1. The molecule has 0 bridgehead atoms. The van der Waals surface area contributed by atoms with Crippen molar-refractivity contribution >= 4 is 41.4 Å². The number of nitrogens with two attached hydrogens (primary N) is 1. The topological polar surface area (TPSA) is 218 Å². The molecule has 0 aromatic carbocycles. The van der Waals surface area contributed by atoms with Crippen molar-refractivity contribution in [1.82, 2.24) is 46.0 Å². The molecule has 4 amide bonds. The summed E-state index contributed by atoms with van der Waals surface area (Å²) in [4.78, 5) is 66.6. The summed E-state index contributed by atoms with van der Waals surface area (Å²) in [6.07, 6.45) is 3.47. The number of hydrogen-bond donors (Lipinski definition) is 5. The average Bonchev–Trinajstić information content (AvgIpc) is 3.72. The Hall–Kier alpha value is -3.57. The van der Waals surface area contributed by atoms with Gasteiger partial charge in [0.15, 0.2) is 0 Å². The zero-order chi connectivity index (χ0) is 30.8. The van der Waals surface area contributed by atoms with Crippen molar-refractivity contribution in [3.05, 3.63) is 16.9 Å². The van der Waals surface area contributed by atoms with Gasteiger partial charge >= 0.3 is 5.97 Å². The number of aliphatic carboxylic acids is 1. The molecule has 4 aliphatic rings. The lowest BCUT2D eigenvalue weighted by Gasteiger charge is -2.47. The monoisotopic (exact) mass is 618 g/mol. The summed E-state index contributed by atoms with van der Waals surface area (Å²) < 4.78 is 1.27. The molecule has 3 fully saturated rings. The van der Waals surface area contributed by atoms with Crippen molar-refractivity contribution in [1.29, 1.82) is 0 Å². The summed E-state index contributed by atoms with van der Waals surface area (Å²) in [6.45, 7) is 5.86. The molecule has 0 aliphatic carbocycles. The van der Waals surface area contributed by atoms with E-state index in [1.54, 1.807) is 6.92 Å². The lowest BCUT2D eigenvalue weighted by molar-refractivity contribution is -0.158. The second-order valence-corrected chi connectivity index (χ2v) is 13.0. The van der Waals surface area contributed by atoms with Crippen LogP contribution in [0.15, 0.2) is 16.9 Å². The Kier molecular flexibility index (Phi) is 9.31. The summed E-state index contributed by atoms with van der Waals surface area (Å²) in [5, 5.41) is 29.7. The maximum Gasteiger partial charge on any atom is 0.353 e. The maximum atomic E-state index is 13.3.